The zero-order chi connectivity index (χ0) is 22.5. The first-order valence-electron chi connectivity index (χ1n) is 10.9. The number of hydrogen-bond acceptors (Lipinski definition) is 3. The van der Waals surface area contributed by atoms with Crippen molar-refractivity contribution in [2.24, 2.45) is 0 Å². The van der Waals surface area contributed by atoms with Crippen molar-refractivity contribution in [2.45, 2.75) is 44.9 Å². The Hall–Kier alpha value is -2.92. The molecule has 2 N–H and O–H groups in total. The summed E-state index contributed by atoms with van der Waals surface area (Å²) in [5.41, 5.74) is 2.83. The smallest absolute Gasteiger partial charge is 0.331 e. The maximum atomic E-state index is 9.90. The molecule has 1 aliphatic rings. The van der Waals surface area contributed by atoms with Crippen LogP contribution in [-0.4, -0.2) is 46.7 Å². The van der Waals surface area contributed by atoms with Crippen LogP contribution in [0, 0.1) is 0 Å². The Balaban J connectivity index is 0.000000440. The molecule has 1 heterocycles. The zero-order valence-corrected chi connectivity index (χ0v) is 18.2. The van der Waals surface area contributed by atoms with E-state index in [2.05, 4.69) is 65.6 Å². The Kier molecular flexibility index (Phi) is 10.5. The second-order valence-electron chi connectivity index (χ2n) is 7.94. The predicted octanol–water partition coefficient (Wildman–Crippen LogP) is 5.24. The van der Waals surface area contributed by atoms with Gasteiger partial charge in [-0.1, -0.05) is 60.7 Å². The Morgan fingerprint density at radius 1 is 0.968 bits per heavy atom. The van der Waals surface area contributed by atoms with Gasteiger partial charge >= 0.3 is 11.9 Å². The van der Waals surface area contributed by atoms with E-state index in [0.29, 0.717) is 6.08 Å². The van der Waals surface area contributed by atoms with E-state index in [1.54, 1.807) is 0 Å². The first-order valence-corrected chi connectivity index (χ1v) is 10.9. The number of likely N-dealkylation sites (tertiary alicyclic amines) is 1. The van der Waals surface area contributed by atoms with Gasteiger partial charge in [0.05, 0.1) is 0 Å². The molecule has 0 aliphatic carbocycles. The van der Waals surface area contributed by atoms with Crippen molar-refractivity contribution in [2.75, 3.05) is 19.6 Å². The highest BCUT2D eigenvalue weighted by molar-refractivity contribution is 5.93. The van der Waals surface area contributed by atoms with Crippen molar-refractivity contribution in [3.05, 3.63) is 83.4 Å². The Morgan fingerprint density at radius 2 is 1.55 bits per heavy atom. The van der Waals surface area contributed by atoms with E-state index in [4.69, 9.17) is 10.2 Å². The first kappa shape index (κ1) is 24.4. The molecule has 1 saturated heterocycles. The summed E-state index contributed by atoms with van der Waals surface area (Å²) in [6.07, 6.45) is 7.14. The van der Waals surface area contributed by atoms with E-state index >= 15 is 0 Å². The molecule has 0 amide bonds. The second-order valence-corrected chi connectivity index (χ2v) is 7.94. The molecule has 0 atom stereocenters. The lowest BCUT2D eigenvalue weighted by molar-refractivity contribution is -0.135. The van der Waals surface area contributed by atoms with E-state index in [-0.39, 0.29) is 7.00 Å². The predicted molar refractivity (Wildman–Crippen MR) is 125 cm³/mol. The van der Waals surface area contributed by atoms with Gasteiger partial charge < -0.3 is 15.1 Å². The monoisotopic (exact) mass is 425 g/mol. The van der Waals surface area contributed by atoms with Crippen LogP contribution < -0.4 is 0 Å². The van der Waals surface area contributed by atoms with E-state index in [1.807, 2.05) is 0 Å². The van der Waals surface area contributed by atoms with Gasteiger partial charge in [0.25, 0.3) is 0 Å². The second kappa shape index (κ2) is 13.4. The quantitative estimate of drug-likeness (QED) is 0.447. The number of aliphatic carboxylic acids is 2. The van der Waals surface area contributed by atoms with Crippen molar-refractivity contribution in [1.29, 1.82) is 0 Å². The van der Waals surface area contributed by atoms with Crippen LogP contribution >= 0.6 is 0 Å². The van der Waals surface area contributed by atoms with E-state index in [1.165, 1.54) is 69.8 Å². The van der Waals surface area contributed by atoms with Crippen LogP contribution in [0.3, 0.4) is 0 Å². The first-order chi connectivity index (χ1) is 15.0. The SMILES string of the molecule is C/C(=C/C(=O)O)C(=O)O.[HH].c1ccc(CCCCN2CCC(c3ccccc3)CC2)cc1. The third-order valence-corrected chi connectivity index (χ3v) is 5.57. The van der Waals surface area contributed by atoms with Gasteiger partial charge in [0.2, 0.25) is 0 Å². The molecular weight excluding hydrogens is 390 g/mol. The summed E-state index contributed by atoms with van der Waals surface area (Å²) >= 11 is 0. The van der Waals surface area contributed by atoms with Gasteiger partial charge in [0.15, 0.2) is 0 Å². The molecule has 0 bridgehead atoms. The van der Waals surface area contributed by atoms with Gasteiger partial charge in [-0.25, -0.2) is 9.59 Å². The third kappa shape index (κ3) is 9.62. The summed E-state index contributed by atoms with van der Waals surface area (Å²) in [7, 11) is 0. The molecule has 31 heavy (non-hydrogen) atoms. The molecule has 0 radical (unpaired) electrons. The molecule has 0 spiro atoms. The van der Waals surface area contributed by atoms with Gasteiger partial charge in [-0.15, -0.1) is 0 Å². The molecule has 0 unspecified atom stereocenters. The fourth-order valence-corrected chi connectivity index (χ4v) is 3.77. The lowest BCUT2D eigenvalue weighted by atomic mass is 9.89. The number of carboxylic acids is 2. The Labute approximate surface area is 186 Å². The molecule has 3 rings (SSSR count). The number of aryl methyl sites for hydroxylation is 1. The fourth-order valence-electron chi connectivity index (χ4n) is 3.77. The maximum Gasteiger partial charge on any atom is 0.331 e. The van der Waals surface area contributed by atoms with Crippen molar-refractivity contribution in [3.8, 4) is 0 Å². The normalized spacial score (nSPS) is 15.1. The van der Waals surface area contributed by atoms with Gasteiger partial charge in [0, 0.05) is 13.1 Å². The maximum absolute atomic E-state index is 9.90. The molecule has 1 aliphatic heterocycles. The largest absolute Gasteiger partial charge is 0.478 e. The van der Waals surface area contributed by atoms with Crippen LogP contribution in [0.2, 0.25) is 0 Å². The average Bonchev–Trinajstić information content (AvgIpc) is 2.78. The van der Waals surface area contributed by atoms with Gasteiger partial charge in [-0.05, 0) is 75.7 Å². The van der Waals surface area contributed by atoms with Gasteiger partial charge in [-0.2, -0.15) is 0 Å². The van der Waals surface area contributed by atoms with Crippen LogP contribution in [0.4, 0.5) is 0 Å². The molecular formula is C26H35NO4. The minimum absolute atomic E-state index is 0. The molecule has 168 valence electrons. The van der Waals surface area contributed by atoms with Gasteiger partial charge in [0.1, 0.15) is 0 Å². The van der Waals surface area contributed by atoms with E-state index in [9.17, 15) is 9.59 Å². The van der Waals surface area contributed by atoms with Gasteiger partial charge in [-0.3, -0.25) is 0 Å². The molecule has 5 nitrogen and oxygen atoms in total. The van der Waals surface area contributed by atoms with Crippen LogP contribution in [-0.2, 0) is 16.0 Å². The van der Waals surface area contributed by atoms with Crippen molar-refractivity contribution in [3.63, 3.8) is 0 Å². The molecule has 0 saturated carbocycles. The lowest BCUT2D eigenvalue weighted by Crippen LogP contribution is -2.33. The number of piperidine rings is 1. The number of unbranched alkanes of at least 4 members (excludes halogenated alkanes) is 1. The highest BCUT2D eigenvalue weighted by atomic mass is 16.4. The summed E-state index contributed by atoms with van der Waals surface area (Å²) in [5.74, 6) is -1.67. The molecule has 1 fully saturated rings. The Morgan fingerprint density at radius 3 is 2.06 bits per heavy atom. The zero-order valence-electron chi connectivity index (χ0n) is 18.2. The lowest BCUT2D eigenvalue weighted by Gasteiger charge is -2.32. The molecule has 2 aromatic carbocycles. The number of hydrogen-bond donors (Lipinski definition) is 2. The summed E-state index contributed by atoms with van der Waals surface area (Å²) < 4.78 is 0. The van der Waals surface area contributed by atoms with E-state index < -0.39 is 11.9 Å². The van der Waals surface area contributed by atoms with Crippen LogP contribution in [0.1, 0.15) is 51.1 Å². The average molecular weight is 426 g/mol. The van der Waals surface area contributed by atoms with Crippen LogP contribution in [0.15, 0.2) is 72.3 Å². The summed E-state index contributed by atoms with van der Waals surface area (Å²) in [6, 6.07) is 21.9. The fraction of sp³-hybridized carbons (Fsp3) is 0.385. The Bertz CT molecular complexity index is 831. The van der Waals surface area contributed by atoms with Crippen molar-refractivity contribution in [1.82, 2.24) is 4.90 Å². The van der Waals surface area contributed by atoms with E-state index in [0.717, 1.165) is 5.92 Å². The third-order valence-electron chi connectivity index (χ3n) is 5.57. The number of nitrogens with zero attached hydrogens (tertiary/aromatic N) is 1. The summed E-state index contributed by atoms with van der Waals surface area (Å²) in [5, 5.41) is 16.1. The number of benzene rings is 2. The molecule has 5 heteroatoms. The van der Waals surface area contributed by atoms with Crippen molar-refractivity contribution >= 4 is 11.9 Å². The minimum atomic E-state index is -1.24. The minimum Gasteiger partial charge on any atom is -0.478 e. The summed E-state index contributed by atoms with van der Waals surface area (Å²) in [4.78, 5) is 22.3. The molecule has 2 aromatic rings. The standard InChI is InChI=1S/C21H27N.C5H6O4.H2/c1-3-9-19(10-4-1)11-7-8-16-22-17-14-21(15-18-22)20-12-5-2-6-13-20;1-3(5(8)9)2-4(6)7;/h1-6,9-10,12-13,21H,7-8,11,14-18H2;2H,1H3,(H,6,7)(H,8,9);1H/b;3-2-;. The highest BCUT2D eigenvalue weighted by Crippen LogP contribution is 2.27. The van der Waals surface area contributed by atoms with Crippen LogP contribution in [0.25, 0.3) is 0 Å². The number of rotatable bonds is 8. The number of carboxylic acid groups (broad SMARTS) is 2. The highest BCUT2D eigenvalue weighted by Gasteiger charge is 2.19. The molecule has 0 aromatic heterocycles. The summed E-state index contributed by atoms with van der Waals surface area (Å²) in [6.45, 7) is 5.03. The van der Waals surface area contributed by atoms with Crippen LogP contribution in [0.5, 0.6) is 0 Å². The number of carbonyl (C=O) groups is 2. The topological polar surface area (TPSA) is 77.8 Å². The van der Waals surface area contributed by atoms with Crippen molar-refractivity contribution < 1.29 is 21.2 Å².